The molecule has 1 fully saturated rings. The maximum atomic E-state index is 12.2. The lowest BCUT2D eigenvalue weighted by molar-refractivity contribution is -0.0300. The third-order valence-corrected chi connectivity index (χ3v) is 4.06. The van der Waals surface area contributed by atoms with Gasteiger partial charge in [-0.1, -0.05) is 6.07 Å². The SMILES string of the molecule is Cc1ccc(Nc2cccc(C(=O)NCC3(O)CCC3)c2)nn1. The molecule has 0 spiro atoms. The molecule has 0 saturated heterocycles. The van der Waals surface area contributed by atoms with Crippen LogP contribution in [0.4, 0.5) is 11.5 Å². The summed E-state index contributed by atoms with van der Waals surface area (Å²) in [7, 11) is 0. The van der Waals surface area contributed by atoms with Crippen LogP contribution < -0.4 is 10.6 Å². The van der Waals surface area contributed by atoms with E-state index in [0.29, 0.717) is 17.9 Å². The Bertz CT molecular complexity index is 696. The van der Waals surface area contributed by atoms with Crippen molar-refractivity contribution < 1.29 is 9.90 Å². The van der Waals surface area contributed by atoms with Crippen molar-refractivity contribution in [3.63, 3.8) is 0 Å². The molecule has 3 N–H and O–H groups in total. The molecular weight excluding hydrogens is 292 g/mol. The van der Waals surface area contributed by atoms with Crippen LogP contribution in [0, 0.1) is 6.92 Å². The van der Waals surface area contributed by atoms with Gasteiger partial charge in [0.25, 0.3) is 5.91 Å². The molecule has 6 heteroatoms. The summed E-state index contributed by atoms with van der Waals surface area (Å²) in [6.45, 7) is 2.17. The molecule has 1 aromatic carbocycles. The Morgan fingerprint density at radius 2 is 2.09 bits per heavy atom. The van der Waals surface area contributed by atoms with E-state index in [2.05, 4.69) is 20.8 Å². The van der Waals surface area contributed by atoms with Gasteiger partial charge in [0.2, 0.25) is 0 Å². The number of nitrogens with zero attached hydrogens (tertiary/aromatic N) is 2. The average Bonchev–Trinajstić information content (AvgIpc) is 2.53. The van der Waals surface area contributed by atoms with Gasteiger partial charge in [-0.2, -0.15) is 5.10 Å². The number of carbonyl (C=O) groups is 1. The van der Waals surface area contributed by atoms with Crippen LogP contribution in [0.3, 0.4) is 0 Å². The van der Waals surface area contributed by atoms with Crippen LogP contribution >= 0.6 is 0 Å². The van der Waals surface area contributed by atoms with Crippen molar-refractivity contribution in [2.45, 2.75) is 31.8 Å². The summed E-state index contributed by atoms with van der Waals surface area (Å²) in [5.74, 6) is 0.431. The Morgan fingerprint density at radius 3 is 2.74 bits per heavy atom. The number of rotatable bonds is 5. The first kappa shape index (κ1) is 15.4. The predicted molar refractivity (Wildman–Crippen MR) is 87.6 cm³/mol. The molecule has 3 rings (SSSR count). The molecule has 0 bridgehead atoms. The van der Waals surface area contributed by atoms with Gasteiger partial charge < -0.3 is 15.7 Å². The lowest BCUT2D eigenvalue weighted by atomic mass is 9.80. The summed E-state index contributed by atoms with van der Waals surface area (Å²) >= 11 is 0. The van der Waals surface area contributed by atoms with E-state index in [0.717, 1.165) is 30.6 Å². The quantitative estimate of drug-likeness (QED) is 0.787. The standard InChI is InChI=1S/C17H20N4O2/c1-12-6-7-15(21-20-12)19-14-5-2-4-13(10-14)16(22)18-11-17(23)8-3-9-17/h2,4-7,10,23H,3,8-9,11H2,1H3,(H,18,22)(H,19,21). The van der Waals surface area contributed by atoms with E-state index < -0.39 is 5.60 Å². The minimum absolute atomic E-state index is 0.191. The van der Waals surface area contributed by atoms with Crippen molar-refractivity contribution in [1.29, 1.82) is 0 Å². The number of hydrogen-bond acceptors (Lipinski definition) is 5. The third kappa shape index (κ3) is 3.84. The number of anilines is 2. The molecule has 1 saturated carbocycles. The fraction of sp³-hybridized carbons (Fsp3) is 0.353. The Balaban J connectivity index is 1.64. The number of carbonyl (C=O) groups excluding carboxylic acids is 1. The number of aliphatic hydroxyl groups is 1. The highest BCUT2D eigenvalue weighted by Gasteiger charge is 2.34. The monoisotopic (exact) mass is 312 g/mol. The van der Waals surface area contributed by atoms with Crippen molar-refractivity contribution in [2.75, 3.05) is 11.9 Å². The molecule has 0 unspecified atom stereocenters. The molecule has 6 nitrogen and oxygen atoms in total. The highest BCUT2D eigenvalue weighted by atomic mass is 16.3. The van der Waals surface area contributed by atoms with E-state index in [-0.39, 0.29) is 5.91 Å². The zero-order valence-electron chi connectivity index (χ0n) is 13.0. The minimum atomic E-state index is -0.719. The Morgan fingerprint density at radius 1 is 1.26 bits per heavy atom. The zero-order valence-corrected chi connectivity index (χ0v) is 13.0. The maximum absolute atomic E-state index is 12.2. The molecule has 2 aromatic rings. The summed E-state index contributed by atoms with van der Waals surface area (Å²) in [5, 5.41) is 24.0. The molecule has 1 aliphatic rings. The van der Waals surface area contributed by atoms with Crippen molar-refractivity contribution in [1.82, 2.24) is 15.5 Å². The number of benzene rings is 1. The topological polar surface area (TPSA) is 87.1 Å². The van der Waals surface area contributed by atoms with Crippen LogP contribution in [0.15, 0.2) is 36.4 Å². The van der Waals surface area contributed by atoms with Crippen molar-refractivity contribution >= 4 is 17.4 Å². The maximum Gasteiger partial charge on any atom is 0.251 e. The fourth-order valence-corrected chi connectivity index (χ4v) is 2.46. The summed E-state index contributed by atoms with van der Waals surface area (Å²) < 4.78 is 0. The molecule has 0 radical (unpaired) electrons. The second-order valence-corrected chi connectivity index (χ2v) is 6.03. The number of hydrogen-bond donors (Lipinski definition) is 3. The normalized spacial score (nSPS) is 15.6. The van der Waals surface area contributed by atoms with Crippen LogP contribution in [0.1, 0.15) is 35.3 Å². The molecule has 1 heterocycles. The van der Waals surface area contributed by atoms with Gasteiger partial charge in [-0.25, -0.2) is 0 Å². The van der Waals surface area contributed by atoms with Gasteiger partial charge in [0.15, 0.2) is 5.82 Å². The molecule has 1 aliphatic carbocycles. The molecule has 1 amide bonds. The number of amides is 1. The minimum Gasteiger partial charge on any atom is -0.388 e. The van der Waals surface area contributed by atoms with Crippen molar-refractivity contribution in [2.24, 2.45) is 0 Å². The fourth-order valence-electron chi connectivity index (χ4n) is 2.46. The first-order valence-corrected chi connectivity index (χ1v) is 7.72. The molecule has 0 atom stereocenters. The van der Waals surface area contributed by atoms with Gasteiger partial charge in [0, 0.05) is 17.8 Å². The molecule has 1 aromatic heterocycles. The van der Waals surface area contributed by atoms with E-state index in [4.69, 9.17) is 0 Å². The molecular formula is C17H20N4O2. The zero-order chi connectivity index (χ0) is 16.3. The van der Waals surface area contributed by atoms with E-state index in [1.165, 1.54) is 0 Å². The smallest absolute Gasteiger partial charge is 0.251 e. The highest BCUT2D eigenvalue weighted by molar-refractivity contribution is 5.95. The first-order chi connectivity index (χ1) is 11.0. The van der Waals surface area contributed by atoms with Gasteiger partial charge in [0.05, 0.1) is 11.3 Å². The van der Waals surface area contributed by atoms with Gasteiger partial charge in [-0.15, -0.1) is 5.10 Å². The van der Waals surface area contributed by atoms with Gasteiger partial charge in [-0.3, -0.25) is 4.79 Å². The summed E-state index contributed by atoms with van der Waals surface area (Å²) in [6, 6.07) is 10.9. The number of nitrogens with one attached hydrogen (secondary N) is 2. The highest BCUT2D eigenvalue weighted by Crippen LogP contribution is 2.30. The van der Waals surface area contributed by atoms with Gasteiger partial charge in [0.1, 0.15) is 0 Å². The third-order valence-electron chi connectivity index (χ3n) is 4.06. The number of aryl methyl sites for hydroxylation is 1. The van der Waals surface area contributed by atoms with Crippen LogP contribution in [0.5, 0.6) is 0 Å². The van der Waals surface area contributed by atoms with E-state index in [9.17, 15) is 9.90 Å². The molecule has 120 valence electrons. The first-order valence-electron chi connectivity index (χ1n) is 7.72. The summed E-state index contributed by atoms with van der Waals surface area (Å²) in [4.78, 5) is 12.2. The van der Waals surface area contributed by atoms with Gasteiger partial charge in [-0.05, 0) is 56.5 Å². The van der Waals surface area contributed by atoms with Crippen molar-refractivity contribution in [3.05, 3.63) is 47.7 Å². The van der Waals surface area contributed by atoms with Crippen LogP contribution in [0.2, 0.25) is 0 Å². The summed E-state index contributed by atoms with van der Waals surface area (Å²) in [5.41, 5.74) is 1.43. The van der Waals surface area contributed by atoms with E-state index >= 15 is 0 Å². The van der Waals surface area contributed by atoms with E-state index in [1.54, 1.807) is 18.2 Å². The van der Waals surface area contributed by atoms with E-state index in [1.807, 2.05) is 25.1 Å². The lowest BCUT2D eigenvalue weighted by Crippen LogP contribution is -2.47. The van der Waals surface area contributed by atoms with Gasteiger partial charge >= 0.3 is 0 Å². The van der Waals surface area contributed by atoms with Crippen LogP contribution in [-0.2, 0) is 0 Å². The molecule has 0 aliphatic heterocycles. The summed E-state index contributed by atoms with van der Waals surface area (Å²) in [6.07, 6.45) is 2.52. The second kappa shape index (κ2) is 6.34. The lowest BCUT2D eigenvalue weighted by Gasteiger charge is -2.36. The van der Waals surface area contributed by atoms with Crippen LogP contribution in [0.25, 0.3) is 0 Å². The molecule has 23 heavy (non-hydrogen) atoms. The largest absolute Gasteiger partial charge is 0.388 e. The Labute approximate surface area is 135 Å². The Hall–Kier alpha value is -2.47. The average molecular weight is 312 g/mol. The number of aromatic nitrogens is 2. The van der Waals surface area contributed by atoms with Crippen LogP contribution in [-0.4, -0.2) is 33.4 Å². The Kier molecular flexibility index (Phi) is 4.25. The second-order valence-electron chi connectivity index (χ2n) is 6.03. The van der Waals surface area contributed by atoms with Crippen molar-refractivity contribution in [3.8, 4) is 0 Å². The predicted octanol–water partition coefficient (Wildman–Crippen LogP) is 2.17.